The second-order valence-corrected chi connectivity index (χ2v) is 10.2. The molecule has 32 heavy (non-hydrogen) atoms. The first-order chi connectivity index (χ1) is 15.6. The Hall–Kier alpha value is -2.99. The summed E-state index contributed by atoms with van der Waals surface area (Å²) in [6, 6.07) is 14.1. The van der Waals surface area contributed by atoms with Gasteiger partial charge in [-0.2, -0.15) is 0 Å². The first kappa shape index (κ1) is 19.7. The number of aryl methyl sites for hydroxylation is 2. The predicted molar refractivity (Wildman–Crippen MR) is 131 cm³/mol. The van der Waals surface area contributed by atoms with E-state index in [2.05, 4.69) is 30.9 Å². The number of nitrogens with zero attached hydrogens (tertiary/aromatic N) is 4. The van der Waals surface area contributed by atoms with E-state index in [9.17, 15) is 4.79 Å². The lowest BCUT2D eigenvalue weighted by molar-refractivity contribution is 0.0748. The molecule has 1 saturated carbocycles. The fourth-order valence-electron chi connectivity index (χ4n) is 4.70. The van der Waals surface area contributed by atoms with E-state index in [4.69, 9.17) is 9.97 Å². The summed E-state index contributed by atoms with van der Waals surface area (Å²) in [4.78, 5) is 30.1. The van der Waals surface area contributed by atoms with Crippen LogP contribution in [-0.4, -0.2) is 47.0 Å². The third-order valence-electron chi connectivity index (χ3n) is 6.86. The number of hydrogen-bond donors (Lipinski definition) is 0. The molecule has 4 aromatic rings. The Labute approximate surface area is 191 Å². The van der Waals surface area contributed by atoms with Crippen molar-refractivity contribution in [3.8, 4) is 0 Å². The highest BCUT2D eigenvalue weighted by Crippen LogP contribution is 2.42. The zero-order valence-corrected chi connectivity index (χ0v) is 19.3. The van der Waals surface area contributed by atoms with Gasteiger partial charge in [0.1, 0.15) is 16.5 Å². The average Bonchev–Trinajstić information content (AvgIpc) is 3.64. The molecule has 0 atom stereocenters. The summed E-state index contributed by atoms with van der Waals surface area (Å²) >= 11 is 1.78. The van der Waals surface area contributed by atoms with Crippen molar-refractivity contribution in [3.05, 3.63) is 64.3 Å². The summed E-state index contributed by atoms with van der Waals surface area (Å²) in [5.41, 5.74) is 2.08. The van der Waals surface area contributed by atoms with Crippen molar-refractivity contribution in [2.75, 3.05) is 31.1 Å². The monoisotopic (exact) mass is 442 g/mol. The molecule has 0 N–H and O–H groups in total. The summed E-state index contributed by atoms with van der Waals surface area (Å²) in [5.74, 6) is 2.71. The minimum absolute atomic E-state index is 0.121. The Morgan fingerprint density at radius 1 is 0.969 bits per heavy atom. The normalized spacial score (nSPS) is 16.8. The Bertz CT molecular complexity index is 1340. The Morgan fingerprint density at radius 2 is 1.72 bits per heavy atom. The summed E-state index contributed by atoms with van der Waals surface area (Å²) < 4.78 is 0. The van der Waals surface area contributed by atoms with Crippen molar-refractivity contribution >= 4 is 44.1 Å². The van der Waals surface area contributed by atoms with Gasteiger partial charge in [-0.1, -0.05) is 36.4 Å². The standard InChI is InChI=1S/C26H26N4OS/c1-16-17(2)32-25-22(16)24(27-23(28-25)19-10-11-19)29-12-14-30(15-13-29)26(31)21-9-5-7-18-6-3-4-8-20(18)21/h3-9,19H,10-15H2,1-2H3. The molecule has 3 heterocycles. The number of carbonyl (C=O) groups is 1. The highest BCUT2D eigenvalue weighted by Gasteiger charge is 2.31. The topological polar surface area (TPSA) is 49.3 Å². The maximum absolute atomic E-state index is 13.4. The van der Waals surface area contributed by atoms with Crippen LogP contribution in [0.25, 0.3) is 21.0 Å². The summed E-state index contributed by atoms with van der Waals surface area (Å²) in [6.07, 6.45) is 2.39. The second-order valence-electron chi connectivity index (χ2n) is 8.95. The van der Waals surface area contributed by atoms with E-state index in [0.29, 0.717) is 19.0 Å². The molecule has 2 fully saturated rings. The van der Waals surface area contributed by atoms with Gasteiger partial charge in [0.15, 0.2) is 0 Å². The predicted octanol–water partition coefficient (Wildman–Crippen LogP) is 5.30. The summed E-state index contributed by atoms with van der Waals surface area (Å²) in [7, 11) is 0. The fraction of sp³-hybridized carbons (Fsp3) is 0.346. The highest BCUT2D eigenvalue weighted by molar-refractivity contribution is 7.18. The molecule has 2 aromatic carbocycles. The molecule has 0 bridgehead atoms. The Kier molecular flexibility index (Phi) is 4.65. The van der Waals surface area contributed by atoms with Gasteiger partial charge in [-0.3, -0.25) is 4.79 Å². The molecule has 5 nitrogen and oxygen atoms in total. The van der Waals surface area contributed by atoms with Crippen LogP contribution >= 0.6 is 11.3 Å². The molecule has 0 radical (unpaired) electrons. The minimum Gasteiger partial charge on any atom is -0.352 e. The second kappa shape index (κ2) is 7.55. The molecule has 1 saturated heterocycles. The molecular formula is C26H26N4OS. The van der Waals surface area contributed by atoms with Gasteiger partial charge >= 0.3 is 0 Å². The van der Waals surface area contributed by atoms with Crippen LogP contribution in [-0.2, 0) is 0 Å². The summed E-state index contributed by atoms with van der Waals surface area (Å²) in [6.45, 7) is 7.34. The van der Waals surface area contributed by atoms with Gasteiger partial charge in [0.2, 0.25) is 0 Å². The van der Waals surface area contributed by atoms with E-state index in [1.165, 1.54) is 28.7 Å². The molecule has 2 aliphatic rings. The molecule has 6 rings (SSSR count). The molecular weight excluding hydrogens is 416 g/mol. The summed E-state index contributed by atoms with van der Waals surface area (Å²) in [5, 5.41) is 3.33. The number of hydrogen-bond acceptors (Lipinski definition) is 5. The van der Waals surface area contributed by atoms with Crippen molar-refractivity contribution in [1.29, 1.82) is 0 Å². The smallest absolute Gasteiger partial charge is 0.254 e. The van der Waals surface area contributed by atoms with E-state index in [1.807, 2.05) is 35.2 Å². The van der Waals surface area contributed by atoms with Gasteiger partial charge in [-0.25, -0.2) is 9.97 Å². The lowest BCUT2D eigenvalue weighted by Crippen LogP contribution is -2.49. The highest BCUT2D eigenvalue weighted by atomic mass is 32.1. The number of rotatable bonds is 3. The van der Waals surface area contributed by atoms with Crippen molar-refractivity contribution < 1.29 is 4.79 Å². The quantitative estimate of drug-likeness (QED) is 0.432. The van der Waals surface area contributed by atoms with E-state index >= 15 is 0 Å². The molecule has 0 spiro atoms. The number of thiophene rings is 1. The van der Waals surface area contributed by atoms with Gasteiger partial charge in [-0.15, -0.1) is 11.3 Å². The molecule has 1 amide bonds. The number of fused-ring (bicyclic) bond motifs is 2. The Morgan fingerprint density at radius 3 is 2.50 bits per heavy atom. The van der Waals surface area contributed by atoms with Crippen molar-refractivity contribution in [1.82, 2.24) is 14.9 Å². The van der Waals surface area contributed by atoms with Crippen molar-refractivity contribution in [2.45, 2.75) is 32.6 Å². The lowest BCUT2D eigenvalue weighted by Gasteiger charge is -2.36. The number of piperazine rings is 1. The average molecular weight is 443 g/mol. The molecule has 162 valence electrons. The molecule has 1 aliphatic heterocycles. The van der Waals surface area contributed by atoms with Crippen LogP contribution in [0.2, 0.25) is 0 Å². The van der Waals surface area contributed by atoms with Gasteiger partial charge in [0, 0.05) is 42.5 Å². The number of benzene rings is 2. The maximum atomic E-state index is 13.4. The Balaban J connectivity index is 1.28. The van der Waals surface area contributed by atoms with E-state index in [0.717, 1.165) is 45.9 Å². The fourth-order valence-corrected chi connectivity index (χ4v) is 5.73. The molecule has 1 aliphatic carbocycles. The van der Waals surface area contributed by atoms with Crippen molar-refractivity contribution in [2.24, 2.45) is 0 Å². The van der Waals surface area contributed by atoms with Crippen LogP contribution in [0, 0.1) is 13.8 Å². The van der Waals surface area contributed by atoms with Crippen LogP contribution in [0.1, 0.15) is 45.4 Å². The number of amides is 1. The van der Waals surface area contributed by atoms with Gasteiger partial charge in [0.25, 0.3) is 5.91 Å². The third kappa shape index (κ3) is 3.25. The first-order valence-corrected chi connectivity index (χ1v) is 12.2. The van der Waals surface area contributed by atoms with E-state index in [-0.39, 0.29) is 5.91 Å². The van der Waals surface area contributed by atoms with Crippen molar-refractivity contribution in [3.63, 3.8) is 0 Å². The minimum atomic E-state index is 0.121. The van der Waals surface area contributed by atoms with Gasteiger partial charge in [0.05, 0.1) is 5.39 Å². The largest absolute Gasteiger partial charge is 0.352 e. The number of anilines is 1. The molecule has 2 aromatic heterocycles. The molecule has 0 unspecified atom stereocenters. The lowest BCUT2D eigenvalue weighted by atomic mass is 10.0. The maximum Gasteiger partial charge on any atom is 0.254 e. The van der Waals surface area contributed by atoms with Crippen LogP contribution < -0.4 is 4.90 Å². The van der Waals surface area contributed by atoms with Crippen LogP contribution in [0.5, 0.6) is 0 Å². The van der Waals surface area contributed by atoms with Crippen LogP contribution in [0.15, 0.2) is 42.5 Å². The van der Waals surface area contributed by atoms with E-state index in [1.54, 1.807) is 11.3 Å². The van der Waals surface area contributed by atoms with Gasteiger partial charge in [-0.05, 0) is 49.1 Å². The third-order valence-corrected chi connectivity index (χ3v) is 7.96. The number of aromatic nitrogens is 2. The van der Waals surface area contributed by atoms with Gasteiger partial charge < -0.3 is 9.80 Å². The first-order valence-electron chi connectivity index (χ1n) is 11.4. The molecule has 6 heteroatoms. The van der Waals surface area contributed by atoms with Crippen LogP contribution in [0.4, 0.5) is 5.82 Å². The van der Waals surface area contributed by atoms with Crippen LogP contribution in [0.3, 0.4) is 0 Å². The zero-order chi connectivity index (χ0) is 21.8. The van der Waals surface area contributed by atoms with E-state index < -0.39 is 0 Å². The zero-order valence-electron chi connectivity index (χ0n) is 18.5. The number of carbonyl (C=O) groups excluding carboxylic acids is 1. The SMILES string of the molecule is Cc1sc2nc(C3CC3)nc(N3CCN(C(=O)c4cccc5ccccc45)CC3)c2c1C.